The maximum Gasteiger partial charge on any atom is 0.240 e. The lowest BCUT2D eigenvalue weighted by molar-refractivity contribution is -0.127. The Balaban J connectivity index is 1.79. The molecule has 148 valence electrons. The Morgan fingerprint density at radius 2 is 2.00 bits per heavy atom. The predicted molar refractivity (Wildman–Crippen MR) is 111 cm³/mol. The molecule has 0 aliphatic heterocycles. The van der Waals surface area contributed by atoms with E-state index in [4.69, 9.17) is 10.5 Å². The zero-order valence-corrected chi connectivity index (χ0v) is 16.5. The van der Waals surface area contributed by atoms with Crippen molar-refractivity contribution < 1.29 is 9.53 Å². The first-order valence-corrected chi connectivity index (χ1v) is 9.26. The maximum absolute atomic E-state index is 12.7. The number of nitrogens with one attached hydrogen (secondary N) is 3. The van der Waals surface area contributed by atoms with Gasteiger partial charge in [0.15, 0.2) is 0 Å². The molecule has 0 saturated carbocycles. The van der Waals surface area contributed by atoms with Gasteiger partial charge >= 0.3 is 0 Å². The van der Waals surface area contributed by atoms with E-state index in [-0.39, 0.29) is 12.5 Å². The van der Waals surface area contributed by atoms with Gasteiger partial charge in [0, 0.05) is 5.69 Å². The Bertz CT molecular complexity index is 936. The monoisotopic (exact) mass is 381 g/mol. The second-order valence-electron chi connectivity index (χ2n) is 7.30. The van der Waals surface area contributed by atoms with Crippen molar-refractivity contribution in [1.82, 2.24) is 20.6 Å². The van der Waals surface area contributed by atoms with E-state index in [0.29, 0.717) is 18.1 Å². The molecule has 7 heteroatoms. The molecule has 0 fully saturated rings. The number of amides is 1. The number of hydrogen-bond donors (Lipinski definition) is 4. The lowest BCUT2D eigenvalue weighted by Gasteiger charge is -2.26. The van der Waals surface area contributed by atoms with Crippen LogP contribution in [-0.4, -0.2) is 35.1 Å². The number of aromatic nitrogens is 2. The molecule has 5 N–H and O–H groups in total. The average Bonchev–Trinajstić information content (AvgIpc) is 3.10. The highest BCUT2D eigenvalue weighted by molar-refractivity contribution is 5.86. The first-order valence-electron chi connectivity index (χ1n) is 9.26. The Kier molecular flexibility index (Phi) is 5.96. The summed E-state index contributed by atoms with van der Waals surface area (Å²) in [6, 6.07) is 15.0. The summed E-state index contributed by atoms with van der Waals surface area (Å²) in [7, 11) is 1.75. The first-order chi connectivity index (χ1) is 13.4. The minimum absolute atomic E-state index is 0.136. The van der Waals surface area contributed by atoms with Crippen LogP contribution in [0.2, 0.25) is 0 Å². The van der Waals surface area contributed by atoms with Crippen LogP contribution in [0.25, 0.3) is 11.0 Å². The van der Waals surface area contributed by atoms with Gasteiger partial charge in [-0.3, -0.25) is 4.79 Å². The summed E-state index contributed by atoms with van der Waals surface area (Å²) in [6.07, 6.45) is 0. The number of benzene rings is 2. The number of carbonyl (C=O) groups is 1. The van der Waals surface area contributed by atoms with E-state index in [1.807, 2.05) is 56.3 Å². The van der Waals surface area contributed by atoms with E-state index in [9.17, 15) is 4.79 Å². The summed E-state index contributed by atoms with van der Waals surface area (Å²) in [5, 5.41) is 6.05. The van der Waals surface area contributed by atoms with Gasteiger partial charge < -0.3 is 26.1 Å². The number of nitrogens with two attached hydrogens (primary N) is 1. The van der Waals surface area contributed by atoms with Crippen LogP contribution in [0.5, 0.6) is 0 Å². The molecule has 1 amide bonds. The van der Waals surface area contributed by atoms with Crippen LogP contribution in [0, 0.1) is 0 Å². The zero-order chi connectivity index (χ0) is 20.1. The van der Waals surface area contributed by atoms with Crippen molar-refractivity contribution in [3.8, 4) is 0 Å². The number of nitrogens with zero attached hydrogens (tertiary/aromatic N) is 1. The van der Waals surface area contributed by atoms with Crippen LogP contribution in [0.3, 0.4) is 0 Å². The number of fused-ring (bicyclic) bond motifs is 1. The number of anilines is 1. The fourth-order valence-electron chi connectivity index (χ4n) is 2.72. The standard InChI is InChI=1S/C21H27N5O2/c1-21(2,23-3)20(27)26-18(13-28-12-14-7-5-4-6-8-14)19-24-16-10-9-15(22)11-17(16)25-19/h4-11,18,23H,12-13,22H2,1-3H3,(H,24,25)(H,26,27)/t18-/m1/s1. The molecule has 2 aromatic carbocycles. The lowest BCUT2D eigenvalue weighted by Crippen LogP contribution is -2.52. The normalized spacial score (nSPS) is 12.8. The summed E-state index contributed by atoms with van der Waals surface area (Å²) in [6.45, 7) is 4.39. The van der Waals surface area contributed by atoms with E-state index < -0.39 is 11.6 Å². The molecule has 3 rings (SSSR count). The van der Waals surface area contributed by atoms with Gasteiger partial charge in [0.25, 0.3) is 0 Å². The minimum atomic E-state index is -0.714. The molecule has 7 nitrogen and oxygen atoms in total. The molecular formula is C21H27N5O2. The van der Waals surface area contributed by atoms with Crippen molar-refractivity contribution in [2.24, 2.45) is 0 Å². The third-order valence-electron chi connectivity index (χ3n) is 4.75. The largest absolute Gasteiger partial charge is 0.399 e. The summed E-state index contributed by atoms with van der Waals surface area (Å²) in [5.41, 5.74) is 8.48. The smallest absolute Gasteiger partial charge is 0.240 e. The molecule has 0 aliphatic carbocycles. The molecule has 28 heavy (non-hydrogen) atoms. The van der Waals surface area contributed by atoms with Crippen LogP contribution >= 0.6 is 0 Å². The molecule has 0 unspecified atom stereocenters. The number of hydrogen-bond acceptors (Lipinski definition) is 5. The van der Waals surface area contributed by atoms with Gasteiger partial charge in [-0.05, 0) is 44.7 Å². The molecule has 0 radical (unpaired) electrons. The number of imidazole rings is 1. The number of ether oxygens (including phenoxy) is 1. The highest BCUT2D eigenvalue weighted by atomic mass is 16.5. The molecule has 3 aromatic rings. The SMILES string of the molecule is CNC(C)(C)C(=O)N[C@H](COCc1ccccc1)c1nc2ccc(N)cc2[nH]1. The van der Waals surface area contributed by atoms with Crippen molar-refractivity contribution >= 4 is 22.6 Å². The Labute approximate surface area is 164 Å². The number of H-pyrrole nitrogens is 1. The summed E-state index contributed by atoms with van der Waals surface area (Å²) in [5.74, 6) is 0.497. The molecule has 0 aliphatic rings. The average molecular weight is 381 g/mol. The molecular weight excluding hydrogens is 354 g/mol. The summed E-state index contributed by atoms with van der Waals surface area (Å²) < 4.78 is 5.88. The van der Waals surface area contributed by atoms with Gasteiger partial charge in [0.1, 0.15) is 11.9 Å². The van der Waals surface area contributed by atoms with Crippen molar-refractivity contribution in [2.45, 2.75) is 32.0 Å². The lowest BCUT2D eigenvalue weighted by atomic mass is 10.0. The number of likely N-dealkylation sites (N-methyl/N-ethyl adjacent to an activating group) is 1. The third-order valence-corrected chi connectivity index (χ3v) is 4.75. The fraction of sp³-hybridized carbons (Fsp3) is 0.333. The molecule has 0 bridgehead atoms. The van der Waals surface area contributed by atoms with E-state index in [1.165, 1.54) is 0 Å². The van der Waals surface area contributed by atoms with Crippen LogP contribution < -0.4 is 16.4 Å². The van der Waals surface area contributed by atoms with Crippen molar-refractivity contribution in [2.75, 3.05) is 19.4 Å². The maximum atomic E-state index is 12.7. The number of nitrogen functional groups attached to an aromatic ring is 1. The third kappa shape index (κ3) is 4.68. The predicted octanol–water partition coefficient (Wildman–Crippen LogP) is 2.52. The van der Waals surface area contributed by atoms with Crippen molar-refractivity contribution in [3.63, 3.8) is 0 Å². The van der Waals surface area contributed by atoms with Gasteiger partial charge in [-0.15, -0.1) is 0 Å². The minimum Gasteiger partial charge on any atom is -0.399 e. The first kappa shape index (κ1) is 19.9. The van der Waals surface area contributed by atoms with Crippen molar-refractivity contribution in [1.29, 1.82) is 0 Å². The molecule has 0 saturated heterocycles. The number of rotatable bonds is 8. The Morgan fingerprint density at radius 3 is 2.71 bits per heavy atom. The molecule has 1 heterocycles. The fourth-order valence-corrected chi connectivity index (χ4v) is 2.72. The highest BCUT2D eigenvalue weighted by Gasteiger charge is 2.29. The summed E-state index contributed by atoms with van der Waals surface area (Å²) >= 11 is 0. The second kappa shape index (κ2) is 8.41. The molecule has 0 spiro atoms. The van der Waals surface area contributed by atoms with E-state index in [0.717, 1.165) is 16.6 Å². The molecule has 1 aromatic heterocycles. The van der Waals surface area contributed by atoms with Gasteiger partial charge in [0.05, 0.1) is 29.8 Å². The number of carbonyl (C=O) groups excluding carboxylic acids is 1. The van der Waals surface area contributed by atoms with Gasteiger partial charge in [-0.1, -0.05) is 30.3 Å². The van der Waals surface area contributed by atoms with Crippen LogP contribution in [0.1, 0.15) is 31.3 Å². The topological polar surface area (TPSA) is 105 Å². The Morgan fingerprint density at radius 1 is 1.25 bits per heavy atom. The van der Waals surface area contributed by atoms with Gasteiger partial charge in [-0.25, -0.2) is 4.98 Å². The highest BCUT2D eigenvalue weighted by Crippen LogP contribution is 2.20. The summed E-state index contributed by atoms with van der Waals surface area (Å²) in [4.78, 5) is 20.6. The van der Waals surface area contributed by atoms with E-state index in [2.05, 4.69) is 20.6 Å². The van der Waals surface area contributed by atoms with Gasteiger partial charge in [-0.2, -0.15) is 0 Å². The van der Waals surface area contributed by atoms with Crippen LogP contribution in [0.15, 0.2) is 48.5 Å². The Hall–Kier alpha value is -2.90. The van der Waals surface area contributed by atoms with Crippen molar-refractivity contribution in [3.05, 3.63) is 59.9 Å². The van der Waals surface area contributed by atoms with Gasteiger partial charge in [0.2, 0.25) is 5.91 Å². The van der Waals surface area contributed by atoms with Crippen LogP contribution in [0.4, 0.5) is 5.69 Å². The second-order valence-corrected chi connectivity index (χ2v) is 7.30. The quantitative estimate of drug-likeness (QED) is 0.449. The van der Waals surface area contributed by atoms with E-state index >= 15 is 0 Å². The molecule has 1 atom stereocenters. The zero-order valence-electron chi connectivity index (χ0n) is 16.5. The van der Waals surface area contributed by atoms with Crippen LogP contribution in [-0.2, 0) is 16.1 Å². The number of aromatic amines is 1. The van der Waals surface area contributed by atoms with E-state index in [1.54, 1.807) is 13.1 Å².